The van der Waals surface area contributed by atoms with Crippen LogP contribution in [0.3, 0.4) is 0 Å². The van der Waals surface area contributed by atoms with Crippen LogP contribution in [0.5, 0.6) is 0 Å². The van der Waals surface area contributed by atoms with E-state index in [4.69, 9.17) is 9.47 Å². The third-order valence-electron chi connectivity index (χ3n) is 4.69. The smallest absolute Gasteiger partial charge is 0.410 e. The van der Waals surface area contributed by atoms with Gasteiger partial charge in [-0.2, -0.15) is 0 Å². The molecule has 23 heavy (non-hydrogen) atoms. The van der Waals surface area contributed by atoms with Gasteiger partial charge in [0.15, 0.2) is 0 Å². The van der Waals surface area contributed by atoms with Crippen molar-refractivity contribution in [3.05, 3.63) is 35.9 Å². The molecular formula is C18H25NO4. The van der Waals surface area contributed by atoms with Crippen molar-refractivity contribution in [1.29, 1.82) is 0 Å². The summed E-state index contributed by atoms with van der Waals surface area (Å²) in [4.78, 5) is 26.0. The van der Waals surface area contributed by atoms with Gasteiger partial charge in [-0.3, -0.25) is 4.79 Å². The minimum Gasteiger partial charge on any atom is -0.466 e. The number of benzene rings is 1. The summed E-state index contributed by atoms with van der Waals surface area (Å²) < 4.78 is 10.5. The van der Waals surface area contributed by atoms with Crippen LogP contribution in [0, 0.1) is 11.3 Å². The second kappa shape index (κ2) is 7.49. The molecule has 0 spiro atoms. The molecule has 2 atom stereocenters. The molecule has 1 amide bonds. The molecule has 1 fully saturated rings. The number of rotatable bonds is 4. The van der Waals surface area contributed by atoms with E-state index < -0.39 is 5.41 Å². The molecule has 1 aromatic rings. The minimum absolute atomic E-state index is 0.0274. The average Bonchev–Trinajstić information content (AvgIpc) is 2.56. The first-order valence-corrected chi connectivity index (χ1v) is 8.10. The predicted molar refractivity (Wildman–Crippen MR) is 86.7 cm³/mol. The van der Waals surface area contributed by atoms with Gasteiger partial charge in [0.25, 0.3) is 0 Å². The number of carbonyl (C=O) groups excluding carboxylic acids is 2. The molecule has 1 heterocycles. The van der Waals surface area contributed by atoms with Gasteiger partial charge in [0.2, 0.25) is 0 Å². The van der Waals surface area contributed by atoms with Crippen molar-refractivity contribution in [1.82, 2.24) is 4.90 Å². The van der Waals surface area contributed by atoms with Crippen LogP contribution in [0.2, 0.25) is 0 Å². The Morgan fingerprint density at radius 1 is 1.26 bits per heavy atom. The highest BCUT2D eigenvalue weighted by molar-refractivity contribution is 5.77. The van der Waals surface area contributed by atoms with Crippen LogP contribution in [0.25, 0.3) is 0 Å². The lowest BCUT2D eigenvalue weighted by Crippen LogP contribution is -2.51. The predicted octanol–water partition coefficient (Wildman–Crippen LogP) is 3.23. The van der Waals surface area contributed by atoms with Crippen molar-refractivity contribution in [2.24, 2.45) is 11.3 Å². The maximum atomic E-state index is 12.2. The highest BCUT2D eigenvalue weighted by Gasteiger charge is 2.45. The van der Waals surface area contributed by atoms with Gasteiger partial charge < -0.3 is 14.4 Å². The molecular weight excluding hydrogens is 294 g/mol. The van der Waals surface area contributed by atoms with E-state index in [1.54, 1.807) is 4.90 Å². The maximum Gasteiger partial charge on any atom is 0.410 e. The van der Waals surface area contributed by atoms with E-state index in [0.29, 0.717) is 26.1 Å². The maximum absolute atomic E-state index is 12.2. The fraction of sp³-hybridized carbons (Fsp3) is 0.556. The Balaban J connectivity index is 1.89. The number of esters is 1. The Kier molecular flexibility index (Phi) is 5.64. The van der Waals surface area contributed by atoms with Crippen molar-refractivity contribution >= 4 is 12.1 Å². The Labute approximate surface area is 137 Å². The Morgan fingerprint density at radius 2 is 1.96 bits per heavy atom. The molecule has 2 rings (SSSR count). The number of nitrogens with zero attached hydrogens (tertiary/aromatic N) is 1. The monoisotopic (exact) mass is 319 g/mol. The molecule has 0 saturated carbocycles. The third kappa shape index (κ3) is 4.03. The van der Waals surface area contributed by atoms with E-state index in [2.05, 4.69) is 0 Å². The van der Waals surface area contributed by atoms with Gasteiger partial charge in [0, 0.05) is 13.1 Å². The third-order valence-corrected chi connectivity index (χ3v) is 4.69. The topological polar surface area (TPSA) is 55.8 Å². The van der Waals surface area contributed by atoms with Gasteiger partial charge >= 0.3 is 12.1 Å². The first kappa shape index (κ1) is 17.3. The molecule has 5 heteroatoms. The van der Waals surface area contributed by atoms with E-state index in [9.17, 15) is 9.59 Å². The van der Waals surface area contributed by atoms with E-state index in [1.165, 1.54) is 0 Å². The van der Waals surface area contributed by atoms with Crippen LogP contribution >= 0.6 is 0 Å². The van der Waals surface area contributed by atoms with Crippen molar-refractivity contribution in [3.8, 4) is 0 Å². The van der Waals surface area contributed by atoms with E-state index in [-0.39, 0.29) is 24.6 Å². The fourth-order valence-electron chi connectivity index (χ4n) is 2.81. The van der Waals surface area contributed by atoms with Crippen LogP contribution in [-0.2, 0) is 20.9 Å². The number of piperidine rings is 1. The number of hydrogen-bond donors (Lipinski definition) is 0. The van der Waals surface area contributed by atoms with Gasteiger partial charge in [-0.15, -0.1) is 0 Å². The summed E-state index contributed by atoms with van der Waals surface area (Å²) in [5.41, 5.74) is 0.425. The Bertz CT molecular complexity index is 545. The molecule has 0 aliphatic carbocycles. The molecule has 0 N–H and O–H groups in total. The molecule has 0 bridgehead atoms. The molecule has 0 unspecified atom stereocenters. The summed E-state index contributed by atoms with van der Waals surface area (Å²) in [5.74, 6) is -0.149. The number of ether oxygens (including phenoxy) is 2. The summed E-state index contributed by atoms with van der Waals surface area (Å²) in [5, 5.41) is 0. The quantitative estimate of drug-likeness (QED) is 0.800. The van der Waals surface area contributed by atoms with Crippen molar-refractivity contribution < 1.29 is 19.1 Å². The summed E-state index contributed by atoms with van der Waals surface area (Å²) in [6.45, 7) is 7.36. The summed E-state index contributed by atoms with van der Waals surface area (Å²) in [7, 11) is 0. The van der Waals surface area contributed by atoms with Crippen molar-refractivity contribution in [2.45, 2.75) is 33.8 Å². The fourth-order valence-corrected chi connectivity index (χ4v) is 2.81. The van der Waals surface area contributed by atoms with Crippen LogP contribution in [-0.4, -0.2) is 36.7 Å². The second-order valence-corrected chi connectivity index (χ2v) is 6.28. The standard InChI is InChI=1S/C18H25NO4/c1-4-22-16(20)18(3)10-11-19(12-14(18)2)17(21)23-13-15-8-6-5-7-9-15/h5-9,14H,4,10-13H2,1-3H3/t14-,18-/m0/s1. The van der Waals surface area contributed by atoms with Crippen LogP contribution < -0.4 is 0 Å². The second-order valence-electron chi connectivity index (χ2n) is 6.28. The zero-order chi connectivity index (χ0) is 16.9. The largest absolute Gasteiger partial charge is 0.466 e. The molecule has 1 aliphatic rings. The summed E-state index contributed by atoms with van der Waals surface area (Å²) in [6.07, 6.45) is 0.264. The number of amides is 1. The SMILES string of the molecule is CCOC(=O)[C@@]1(C)CCN(C(=O)OCc2ccccc2)C[C@@H]1C. The lowest BCUT2D eigenvalue weighted by molar-refractivity contribution is -0.160. The molecule has 5 nitrogen and oxygen atoms in total. The zero-order valence-corrected chi connectivity index (χ0v) is 14.1. The molecule has 1 aliphatic heterocycles. The molecule has 126 valence electrons. The van der Waals surface area contributed by atoms with Crippen LogP contribution in [0.4, 0.5) is 4.79 Å². The van der Waals surface area contributed by atoms with Gasteiger partial charge in [-0.05, 0) is 31.7 Å². The van der Waals surface area contributed by atoms with Crippen LogP contribution in [0.1, 0.15) is 32.8 Å². The van der Waals surface area contributed by atoms with E-state index in [1.807, 2.05) is 51.1 Å². The van der Waals surface area contributed by atoms with E-state index in [0.717, 1.165) is 5.56 Å². The van der Waals surface area contributed by atoms with Crippen LogP contribution in [0.15, 0.2) is 30.3 Å². The normalized spacial score (nSPS) is 24.1. The zero-order valence-electron chi connectivity index (χ0n) is 14.1. The first-order chi connectivity index (χ1) is 11.0. The highest BCUT2D eigenvalue weighted by atomic mass is 16.6. The van der Waals surface area contributed by atoms with Gasteiger partial charge in [0.1, 0.15) is 6.61 Å². The number of likely N-dealkylation sites (tertiary alicyclic amines) is 1. The summed E-state index contributed by atoms with van der Waals surface area (Å²) in [6, 6.07) is 9.59. The number of carbonyl (C=O) groups is 2. The Hall–Kier alpha value is -2.04. The van der Waals surface area contributed by atoms with Gasteiger partial charge in [-0.1, -0.05) is 37.3 Å². The minimum atomic E-state index is -0.535. The lowest BCUT2D eigenvalue weighted by Gasteiger charge is -2.42. The molecule has 0 aromatic heterocycles. The number of hydrogen-bond acceptors (Lipinski definition) is 4. The van der Waals surface area contributed by atoms with E-state index >= 15 is 0 Å². The van der Waals surface area contributed by atoms with Gasteiger partial charge in [-0.25, -0.2) is 4.79 Å². The van der Waals surface area contributed by atoms with Gasteiger partial charge in [0.05, 0.1) is 12.0 Å². The first-order valence-electron chi connectivity index (χ1n) is 8.10. The average molecular weight is 319 g/mol. The highest BCUT2D eigenvalue weighted by Crippen LogP contribution is 2.37. The molecule has 1 saturated heterocycles. The molecule has 0 radical (unpaired) electrons. The lowest BCUT2D eigenvalue weighted by atomic mass is 9.72. The van der Waals surface area contributed by atoms with Crippen molar-refractivity contribution in [2.75, 3.05) is 19.7 Å². The molecule has 1 aromatic carbocycles. The van der Waals surface area contributed by atoms with Crippen molar-refractivity contribution in [3.63, 3.8) is 0 Å². The Morgan fingerprint density at radius 3 is 2.57 bits per heavy atom. The summed E-state index contributed by atoms with van der Waals surface area (Å²) >= 11 is 0.